The maximum atomic E-state index is 13.1. The summed E-state index contributed by atoms with van der Waals surface area (Å²) >= 11 is 0. The standard InChI is InChI=1S/C34H45F3O8SSi/c1-33(2,3)47(4,5)45-25-30(41-21-26-15-9-6-10-16-26)32(43-23-28-19-13-8-14-20-28)31(42-22-27-17-11-7-12-18-27)29(38)24-44-46(39,40)34(35,36)37/h6-20,29-32,38H,21-25H2,1-5H3/t29-,30-,31-,32-/m1/s1. The van der Waals surface area contributed by atoms with E-state index in [1.54, 1.807) is 24.3 Å². The van der Waals surface area contributed by atoms with Gasteiger partial charge in [-0.15, -0.1) is 0 Å². The van der Waals surface area contributed by atoms with E-state index >= 15 is 0 Å². The van der Waals surface area contributed by atoms with E-state index in [0.717, 1.165) is 11.1 Å². The second-order valence-corrected chi connectivity index (χ2v) is 19.1. The van der Waals surface area contributed by atoms with E-state index in [-0.39, 0.29) is 31.5 Å². The molecule has 0 saturated heterocycles. The number of aliphatic hydroxyl groups excluding tert-OH is 1. The molecule has 0 amide bonds. The van der Waals surface area contributed by atoms with Crippen molar-refractivity contribution in [3.8, 4) is 0 Å². The Balaban J connectivity index is 2.03. The molecule has 1 N–H and O–H groups in total. The molecule has 0 unspecified atom stereocenters. The molecule has 0 saturated carbocycles. The zero-order valence-electron chi connectivity index (χ0n) is 27.4. The molecule has 0 radical (unpaired) electrons. The summed E-state index contributed by atoms with van der Waals surface area (Å²) in [6.45, 7) is 9.21. The number of hydrogen-bond acceptors (Lipinski definition) is 8. The molecule has 0 bridgehead atoms. The Morgan fingerprint density at radius 2 is 1.09 bits per heavy atom. The van der Waals surface area contributed by atoms with Gasteiger partial charge in [-0.05, 0) is 34.8 Å². The Morgan fingerprint density at radius 3 is 1.49 bits per heavy atom. The average Bonchev–Trinajstić information content (AvgIpc) is 3.02. The zero-order valence-corrected chi connectivity index (χ0v) is 29.2. The van der Waals surface area contributed by atoms with Crippen LogP contribution in [-0.4, -0.2) is 65.0 Å². The lowest BCUT2D eigenvalue weighted by molar-refractivity contribution is -0.189. The van der Waals surface area contributed by atoms with E-state index in [1.807, 2.05) is 66.7 Å². The maximum absolute atomic E-state index is 13.1. The van der Waals surface area contributed by atoms with E-state index in [4.69, 9.17) is 18.6 Å². The van der Waals surface area contributed by atoms with Crippen LogP contribution in [0.4, 0.5) is 13.2 Å². The zero-order chi connectivity index (χ0) is 34.7. The highest BCUT2D eigenvalue weighted by molar-refractivity contribution is 7.87. The minimum atomic E-state index is -5.99. The minimum absolute atomic E-state index is 0.00239. The Bertz CT molecular complexity index is 1440. The van der Waals surface area contributed by atoms with Crippen LogP contribution in [0.1, 0.15) is 37.5 Å². The molecule has 0 aromatic heterocycles. The van der Waals surface area contributed by atoms with Gasteiger partial charge in [-0.1, -0.05) is 112 Å². The Morgan fingerprint density at radius 1 is 0.681 bits per heavy atom. The van der Waals surface area contributed by atoms with Gasteiger partial charge in [-0.2, -0.15) is 21.6 Å². The molecule has 0 spiro atoms. The average molecular weight is 699 g/mol. The monoisotopic (exact) mass is 698 g/mol. The number of rotatable bonds is 18. The first-order valence-corrected chi connectivity index (χ1v) is 19.6. The van der Waals surface area contributed by atoms with Gasteiger partial charge in [0, 0.05) is 0 Å². The lowest BCUT2D eigenvalue weighted by Gasteiger charge is -2.40. The van der Waals surface area contributed by atoms with Crippen LogP contribution in [-0.2, 0) is 52.8 Å². The van der Waals surface area contributed by atoms with Gasteiger partial charge in [0.05, 0.1) is 33.0 Å². The number of hydrogen-bond donors (Lipinski definition) is 1. The summed E-state index contributed by atoms with van der Waals surface area (Å²) < 4.78 is 92.7. The molecule has 8 nitrogen and oxygen atoms in total. The quantitative estimate of drug-likeness (QED) is 0.0863. The predicted octanol–water partition coefficient (Wildman–Crippen LogP) is 6.99. The van der Waals surface area contributed by atoms with Crippen LogP contribution in [0.3, 0.4) is 0 Å². The number of ether oxygens (including phenoxy) is 3. The smallest absolute Gasteiger partial charge is 0.414 e. The van der Waals surface area contributed by atoms with Crippen LogP contribution in [0.2, 0.25) is 18.1 Å². The fourth-order valence-corrected chi connectivity index (χ4v) is 5.68. The van der Waals surface area contributed by atoms with E-state index in [2.05, 4.69) is 38.0 Å². The largest absolute Gasteiger partial charge is 0.523 e. The van der Waals surface area contributed by atoms with Crippen molar-refractivity contribution in [3.05, 3.63) is 108 Å². The second kappa shape index (κ2) is 17.2. The second-order valence-electron chi connectivity index (χ2n) is 12.7. The van der Waals surface area contributed by atoms with Crippen molar-refractivity contribution in [1.29, 1.82) is 0 Å². The van der Waals surface area contributed by atoms with Crippen LogP contribution in [0, 0.1) is 0 Å². The lowest BCUT2D eigenvalue weighted by atomic mass is 10.0. The normalized spacial score (nSPS) is 15.6. The molecule has 3 aromatic carbocycles. The molecular weight excluding hydrogens is 654 g/mol. The predicted molar refractivity (Wildman–Crippen MR) is 175 cm³/mol. The first-order valence-electron chi connectivity index (χ1n) is 15.2. The molecule has 0 heterocycles. The highest BCUT2D eigenvalue weighted by Gasteiger charge is 2.48. The molecule has 3 aromatic rings. The Kier molecular flexibility index (Phi) is 14.2. The van der Waals surface area contributed by atoms with Crippen LogP contribution >= 0.6 is 0 Å². The van der Waals surface area contributed by atoms with Crippen molar-refractivity contribution in [1.82, 2.24) is 0 Å². The summed E-state index contributed by atoms with van der Waals surface area (Å²) in [7, 11) is -8.36. The van der Waals surface area contributed by atoms with Crippen molar-refractivity contribution in [2.75, 3.05) is 13.2 Å². The van der Waals surface area contributed by atoms with Crippen molar-refractivity contribution in [2.24, 2.45) is 0 Å². The van der Waals surface area contributed by atoms with Gasteiger partial charge >= 0.3 is 15.6 Å². The van der Waals surface area contributed by atoms with E-state index in [9.17, 15) is 26.7 Å². The van der Waals surface area contributed by atoms with Gasteiger partial charge in [-0.25, -0.2) is 0 Å². The summed E-state index contributed by atoms with van der Waals surface area (Å²) in [4.78, 5) is 0. The molecule has 47 heavy (non-hydrogen) atoms. The van der Waals surface area contributed by atoms with Gasteiger partial charge in [0.15, 0.2) is 8.32 Å². The molecule has 0 fully saturated rings. The maximum Gasteiger partial charge on any atom is 0.523 e. The third-order valence-corrected chi connectivity index (χ3v) is 13.6. The summed E-state index contributed by atoms with van der Waals surface area (Å²) in [5.74, 6) is 0. The summed E-state index contributed by atoms with van der Waals surface area (Å²) in [5.41, 5.74) is -3.35. The van der Waals surface area contributed by atoms with Crippen molar-refractivity contribution in [2.45, 2.75) is 88.6 Å². The number of alkyl halides is 3. The summed E-state index contributed by atoms with van der Waals surface area (Å²) in [6, 6.07) is 27.4. The van der Waals surface area contributed by atoms with Gasteiger partial charge in [-0.3, -0.25) is 4.18 Å². The van der Waals surface area contributed by atoms with Crippen LogP contribution in [0.25, 0.3) is 0 Å². The summed E-state index contributed by atoms with van der Waals surface area (Å²) in [6.07, 6.45) is -5.36. The van der Waals surface area contributed by atoms with Crippen molar-refractivity contribution < 1.29 is 49.5 Å². The van der Waals surface area contributed by atoms with E-state index in [0.29, 0.717) is 5.56 Å². The fraction of sp³-hybridized carbons (Fsp3) is 0.471. The Labute approximate surface area is 277 Å². The molecular formula is C34H45F3O8SSi. The van der Waals surface area contributed by atoms with E-state index in [1.165, 1.54) is 0 Å². The van der Waals surface area contributed by atoms with Gasteiger partial charge in [0.25, 0.3) is 0 Å². The van der Waals surface area contributed by atoms with Gasteiger partial charge in [0.2, 0.25) is 0 Å². The van der Waals surface area contributed by atoms with Crippen LogP contribution in [0.15, 0.2) is 91.0 Å². The van der Waals surface area contributed by atoms with Crippen molar-refractivity contribution >= 4 is 18.4 Å². The molecule has 3 rings (SSSR count). The highest BCUT2D eigenvalue weighted by Crippen LogP contribution is 2.37. The first-order chi connectivity index (χ1) is 22.0. The number of benzene rings is 3. The molecule has 4 atom stereocenters. The van der Waals surface area contributed by atoms with Gasteiger partial charge < -0.3 is 23.7 Å². The third kappa shape index (κ3) is 12.1. The fourth-order valence-electron chi connectivity index (χ4n) is 4.22. The lowest BCUT2D eigenvalue weighted by Crippen LogP contribution is -2.53. The summed E-state index contributed by atoms with van der Waals surface area (Å²) in [5, 5.41) is 11.2. The molecule has 0 aliphatic heterocycles. The highest BCUT2D eigenvalue weighted by atomic mass is 32.2. The molecule has 0 aliphatic carbocycles. The number of halogens is 3. The minimum Gasteiger partial charge on any atom is -0.414 e. The molecule has 260 valence electrons. The first kappa shape index (κ1) is 38.8. The SMILES string of the molecule is CC(C)(C)[Si](C)(C)OC[C@@H](OCc1ccccc1)[C@@H](OCc1ccccc1)[C@H](OCc1ccccc1)[C@H](O)COS(=O)(=O)C(F)(F)F. The third-order valence-electron chi connectivity index (χ3n) is 8.04. The van der Waals surface area contributed by atoms with Crippen molar-refractivity contribution in [3.63, 3.8) is 0 Å². The van der Waals surface area contributed by atoms with Crippen LogP contribution < -0.4 is 0 Å². The molecule has 0 aliphatic rings. The van der Waals surface area contributed by atoms with Gasteiger partial charge in [0.1, 0.15) is 24.4 Å². The molecule has 13 heteroatoms. The van der Waals surface area contributed by atoms with E-state index < -0.39 is 55.0 Å². The number of aliphatic hydroxyl groups is 1. The Hall–Kier alpha value is -2.62. The van der Waals surface area contributed by atoms with Crippen LogP contribution in [0.5, 0.6) is 0 Å². The topological polar surface area (TPSA) is 101 Å².